The summed E-state index contributed by atoms with van der Waals surface area (Å²) in [7, 11) is 0. The van der Waals surface area contributed by atoms with E-state index < -0.39 is 29.1 Å². The normalized spacial score (nSPS) is 9.88. The third-order valence-corrected chi connectivity index (χ3v) is 1.77. The monoisotopic (exact) mass is 228 g/mol. The minimum absolute atomic E-state index is 0.0110. The van der Waals surface area contributed by atoms with E-state index >= 15 is 0 Å². The Labute approximate surface area is 90.1 Å². The van der Waals surface area contributed by atoms with E-state index in [0.717, 1.165) is 6.07 Å². The molecule has 0 amide bonds. The van der Waals surface area contributed by atoms with E-state index in [4.69, 9.17) is 10.2 Å². The number of rotatable bonds is 3. The standard InChI is InChI=1S/C10H9FO5/c1-2-16-10(15)8(13)5-3-6(11)9(14)7(12)4-5/h3-4,12,14H,2H2,1H3. The molecule has 0 spiro atoms. The molecule has 0 unspecified atom stereocenters. The van der Waals surface area contributed by atoms with Crippen LogP contribution in [0.25, 0.3) is 0 Å². The van der Waals surface area contributed by atoms with Gasteiger partial charge in [-0.1, -0.05) is 0 Å². The molecule has 0 saturated heterocycles. The molecule has 0 aliphatic heterocycles. The third-order valence-electron chi connectivity index (χ3n) is 1.77. The van der Waals surface area contributed by atoms with Gasteiger partial charge < -0.3 is 14.9 Å². The summed E-state index contributed by atoms with van der Waals surface area (Å²) in [4.78, 5) is 22.3. The molecule has 5 nitrogen and oxygen atoms in total. The molecule has 1 rings (SSSR count). The van der Waals surface area contributed by atoms with Crippen LogP contribution in [0.3, 0.4) is 0 Å². The maximum atomic E-state index is 12.9. The van der Waals surface area contributed by atoms with Gasteiger partial charge in [-0.3, -0.25) is 4.79 Å². The molecule has 0 saturated carbocycles. The average Bonchev–Trinajstić information content (AvgIpc) is 2.24. The number of hydrogen-bond acceptors (Lipinski definition) is 5. The Morgan fingerprint density at radius 1 is 1.38 bits per heavy atom. The van der Waals surface area contributed by atoms with E-state index in [1.54, 1.807) is 0 Å². The van der Waals surface area contributed by atoms with E-state index in [1.807, 2.05) is 0 Å². The number of phenols is 2. The first-order valence-corrected chi connectivity index (χ1v) is 4.40. The zero-order chi connectivity index (χ0) is 12.3. The Kier molecular flexibility index (Phi) is 3.44. The van der Waals surface area contributed by atoms with Crippen LogP contribution in [-0.4, -0.2) is 28.6 Å². The lowest BCUT2D eigenvalue weighted by Gasteiger charge is -2.03. The van der Waals surface area contributed by atoms with Gasteiger partial charge in [0.1, 0.15) is 0 Å². The zero-order valence-electron chi connectivity index (χ0n) is 8.36. The summed E-state index contributed by atoms with van der Waals surface area (Å²) in [5, 5.41) is 17.9. The molecule has 0 aliphatic rings. The van der Waals surface area contributed by atoms with Crippen molar-refractivity contribution < 1.29 is 28.9 Å². The molecular formula is C10H9FO5. The molecule has 6 heteroatoms. The molecule has 0 radical (unpaired) electrons. The van der Waals surface area contributed by atoms with Gasteiger partial charge in [0.2, 0.25) is 0 Å². The summed E-state index contributed by atoms with van der Waals surface area (Å²) in [6.07, 6.45) is 0. The number of ketones is 1. The van der Waals surface area contributed by atoms with Crippen molar-refractivity contribution in [2.24, 2.45) is 0 Å². The summed E-state index contributed by atoms with van der Waals surface area (Å²) in [5.74, 6) is -5.20. The van der Waals surface area contributed by atoms with Crippen molar-refractivity contribution >= 4 is 11.8 Å². The van der Waals surface area contributed by atoms with Gasteiger partial charge in [0, 0.05) is 5.56 Å². The van der Waals surface area contributed by atoms with Crippen LogP contribution in [0.15, 0.2) is 12.1 Å². The predicted octanol–water partition coefficient (Wildman–Crippen LogP) is 0.983. The van der Waals surface area contributed by atoms with Gasteiger partial charge in [0.15, 0.2) is 17.3 Å². The second-order valence-corrected chi connectivity index (χ2v) is 2.88. The predicted molar refractivity (Wildman–Crippen MR) is 50.7 cm³/mol. The molecule has 16 heavy (non-hydrogen) atoms. The van der Waals surface area contributed by atoms with Gasteiger partial charge in [0.25, 0.3) is 5.78 Å². The Hall–Kier alpha value is -2.11. The van der Waals surface area contributed by atoms with Crippen LogP contribution in [0.5, 0.6) is 11.5 Å². The molecule has 0 aromatic heterocycles. The smallest absolute Gasteiger partial charge is 0.379 e. The number of esters is 1. The highest BCUT2D eigenvalue weighted by molar-refractivity contribution is 6.40. The minimum Gasteiger partial charge on any atom is -0.504 e. The van der Waals surface area contributed by atoms with Crippen LogP contribution in [0.4, 0.5) is 4.39 Å². The van der Waals surface area contributed by atoms with Crippen molar-refractivity contribution in [3.63, 3.8) is 0 Å². The molecule has 0 fully saturated rings. The molecule has 2 N–H and O–H groups in total. The lowest BCUT2D eigenvalue weighted by molar-refractivity contribution is -0.137. The Morgan fingerprint density at radius 2 is 2.00 bits per heavy atom. The summed E-state index contributed by atoms with van der Waals surface area (Å²) < 4.78 is 17.3. The summed E-state index contributed by atoms with van der Waals surface area (Å²) in [5.41, 5.74) is -0.383. The second kappa shape index (κ2) is 4.61. The van der Waals surface area contributed by atoms with Gasteiger partial charge in [-0.25, -0.2) is 9.18 Å². The van der Waals surface area contributed by atoms with Gasteiger partial charge in [-0.05, 0) is 19.1 Å². The van der Waals surface area contributed by atoms with E-state index in [2.05, 4.69) is 4.74 Å². The number of Topliss-reactive ketones (excluding diaryl/α,β-unsaturated/α-hetero) is 1. The van der Waals surface area contributed by atoms with Crippen molar-refractivity contribution in [1.82, 2.24) is 0 Å². The van der Waals surface area contributed by atoms with Crippen molar-refractivity contribution in [3.8, 4) is 11.5 Å². The van der Waals surface area contributed by atoms with Crippen LogP contribution in [-0.2, 0) is 9.53 Å². The van der Waals surface area contributed by atoms with Crippen LogP contribution in [0, 0.1) is 5.82 Å². The van der Waals surface area contributed by atoms with Gasteiger partial charge in [-0.15, -0.1) is 0 Å². The largest absolute Gasteiger partial charge is 0.504 e. The quantitative estimate of drug-likeness (QED) is 0.348. The number of aromatic hydroxyl groups is 2. The fraction of sp³-hybridized carbons (Fsp3) is 0.200. The summed E-state index contributed by atoms with van der Waals surface area (Å²) >= 11 is 0. The molecule has 0 aliphatic carbocycles. The van der Waals surface area contributed by atoms with E-state index in [9.17, 15) is 14.0 Å². The Balaban J connectivity index is 3.06. The maximum absolute atomic E-state index is 12.9. The van der Waals surface area contributed by atoms with Crippen LogP contribution in [0.2, 0.25) is 0 Å². The van der Waals surface area contributed by atoms with Crippen molar-refractivity contribution in [3.05, 3.63) is 23.5 Å². The fourth-order valence-electron chi connectivity index (χ4n) is 1.03. The fourth-order valence-corrected chi connectivity index (χ4v) is 1.03. The van der Waals surface area contributed by atoms with Crippen LogP contribution < -0.4 is 0 Å². The number of carbonyl (C=O) groups is 2. The molecule has 1 aromatic rings. The summed E-state index contributed by atoms with van der Waals surface area (Å²) in [6.45, 7) is 1.52. The highest BCUT2D eigenvalue weighted by Crippen LogP contribution is 2.29. The molecule has 1 aromatic carbocycles. The zero-order valence-corrected chi connectivity index (χ0v) is 8.36. The number of halogens is 1. The molecular weight excluding hydrogens is 219 g/mol. The second-order valence-electron chi connectivity index (χ2n) is 2.88. The minimum atomic E-state index is -1.19. The average molecular weight is 228 g/mol. The van der Waals surface area contributed by atoms with Gasteiger partial charge in [-0.2, -0.15) is 0 Å². The van der Waals surface area contributed by atoms with Gasteiger partial charge >= 0.3 is 5.97 Å². The number of carbonyl (C=O) groups excluding carboxylic acids is 2. The lowest BCUT2D eigenvalue weighted by atomic mass is 10.1. The number of benzene rings is 1. The Morgan fingerprint density at radius 3 is 2.50 bits per heavy atom. The number of ether oxygens (including phenoxy) is 1. The first kappa shape index (κ1) is 12.0. The van der Waals surface area contributed by atoms with E-state index in [0.29, 0.717) is 6.07 Å². The highest BCUT2D eigenvalue weighted by atomic mass is 19.1. The number of hydrogen-bond donors (Lipinski definition) is 2. The molecule has 0 heterocycles. The molecule has 0 bridgehead atoms. The SMILES string of the molecule is CCOC(=O)C(=O)c1cc(O)c(O)c(F)c1. The van der Waals surface area contributed by atoms with E-state index in [-0.39, 0.29) is 12.2 Å². The number of phenolic OH excluding ortho intramolecular Hbond substituents is 2. The van der Waals surface area contributed by atoms with Crippen molar-refractivity contribution in [1.29, 1.82) is 0 Å². The van der Waals surface area contributed by atoms with Crippen molar-refractivity contribution in [2.45, 2.75) is 6.92 Å². The van der Waals surface area contributed by atoms with Crippen LogP contribution >= 0.6 is 0 Å². The molecule has 0 atom stereocenters. The van der Waals surface area contributed by atoms with E-state index in [1.165, 1.54) is 6.92 Å². The summed E-state index contributed by atoms with van der Waals surface area (Å²) in [6, 6.07) is 1.44. The van der Waals surface area contributed by atoms with Crippen molar-refractivity contribution in [2.75, 3.05) is 6.61 Å². The van der Waals surface area contributed by atoms with Gasteiger partial charge in [0.05, 0.1) is 6.61 Å². The molecule has 86 valence electrons. The van der Waals surface area contributed by atoms with Crippen LogP contribution in [0.1, 0.15) is 17.3 Å². The third kappa shape index (κ3) is 2.28. The highest BCUT2D eigenvalue weighted by Gasteiger charge is 2.20. The first-order valence-electron chi connectivity index (χ1n) is 4.40. The lowest BCUT2D eigenvalue weighted by Crippen LogP contribution is -2.17. The first-order chi connectivity index (χ1) is 7.47. The topological polar surface area (TPSA) is 83.8 Å². The Bertz CT molecular complexity index is 418. The maximum Gasteiger partial charge on any atom is 0.379 e.